The molecule has 0 atom stereocenters. The Morgan fingerprint density at radius 3 is 2.71 bits per heavy atom. The van der Waals surface area contributed by atoms with Crippen molar-refractivity contribution in [3.63, 3.8) is 0 Å². The van der Waals surface area contributed by atoms with Crippen LogP contribution in [-0.2, 0) is 4.79 Å². The van der Waals surface area contributed by atoms with Crippen LogP contribution >= 0.6 is 11.8 Å². The Balaban J connectivity index is 1.55. The molecule has 2 aromatic heterocycles. The highest BCUT2D eigenvalue weighted by atomic mass is 32.2. The molecule has 8 nitrogen and oxygen atoms in total. The number of aromatic nitrogens is 4. The van der Waals surface area contributed by atoms with E-state index in [9.17, 15) is 4.79 Å². The van der Waals surface area contributed by atoms with Crippen molar-refractivity contribution >= 4 is 39.9 Å². The highest BCUT2D eigenvalue weighted by molar-refractivity contribution is 7.99. The van der Waals surface area contributed by atoms with Gasteiger partial charge in [0.2, 0.25) is 5.91 Å². The van der Waals surface area contributed by atoms with Gasteiger partial charge in [-0.3, -0.25) is 4.79 Å². The molecule has 4 aromatic rings. The molecule has 0 aliphatic heterocycles. The van der Waals surface area contributed by atoms with E-state index in [4.69, 9.17) is 9.47 Å². The predicted molar refractivity (Wildman–Crippen MR) is 121 cm³/mol. The third-order valence-electron chi connectivity index (χ3n) is 4.42. The van der Waals surface area contributed by atoms with Crippen LogP contribution in [0.1, 0.15) is 19.7 Å². The summed E-state index contributed by atoms with van der Waals surface area (Å²) in [6.45, 7) is 6.68. The second-order valence-electron chi connectivity index (χ2n) is 6.67. The number of carbonyl (C=O) groups is 1. The van der Waals surface area contributed by atoms with Crippen molar-refractivity contribution in [2.75, 3.05) is 24.3 Å². The number of carbonyl (C=O) groups excluding carboxylic acids is 1. The van der Waals surface area contributed by atoms with Crippen LogP contribution in [0.25, 0.3) is 16.6 Å². The van der Waals surface area contributed by atoms with E-state index in [-0.39, 0.29) is 11.7 Å². The number of fused-ring (bicyclic) bond motifs is 3. The number of amides is 1. The summed E-state index contributed by atoms with van der Waals surface area (Å²) >= 11 is 1.30. The zero-order valence-electron chi connectivity index (χ0n) is 17.6. The van der Waals surface area contributed by atoms with Gasteiger partial charge in [-0.1, -0.05) is 23.9 Å². The Labute approximate surface area is 184 Å². The van der Waals surface area contributed by atoms with Crippen molar-refractivity contribution in [2.24, 2.45) is 0 Å². The van der Waals surface area contributed by atoms with Gasteiger partial charge in [0.1, 0.15) is 17.3 Å². The number of thioether (sulfide) groups is 1. The third kappa shape index (κ3) is 4.56. The molecule has 2 heterocycles. The lowest BCUT2D eigenvalue weighted by atomic mass is 10.2. The number of benzene rings is 2. The van der Waals surface area contributed by atoms with Gasteiger partial charge < -0.3 is 14.8 Å². The molecule has 0 fully saturated rings. The van der Waals surface area contributed by atoms with E-state index in [0.717, 1.165) is 16.6 Å². The molecule has 0 spiro atoms. The van der Waals surface area contributed by atoms with E-state index >= 15 is 0 Å². The summed E-state index contributed by atoms with van der Waals surface area (Å²) in [6, 6.07) is 13.2. The average Bonchev–Trinajstić information content (AvgIpc) is 3.16. The normalized spacial score (nSPS) is 11.1. The predicted octanol–water partition coefficient (Wildman–Crippen LogP) is 4.11. The minimum atomic E-state index is -0.181. The van der Waals surface area contributed by atoms with Crippen LogP contribution in [0.4, 0.5) is 5.69 Å². The summed E-state index contributed by atoms with van der Waals surface area (Å²) in [4.78, 5) is 21.9. The SMILES string of the molecule is CCOc1ccc(OCC)c(NC(=O)CSc2nc3ccccc3c3nc(C)nn23)c1. The van der Waals surface area contributed by atoms with Gasteiger partial charge in [0.05, 0.1) is 30.2 Å². The van der Waals surface area contributed by atoms with Gasteiger partial charge in [0, 0.05) is 11.5 Å². The van der Waals surface area contributed by atoms with Gasteiger partial charge in [-0.2, -0.15) is 4.52 Å². The average molecular weight is 438 g/mol. The van der Waals surface area contributed by atoms with Crippen molar-refractivity contribution < 1.29 is 14.3 Å². The lowest BCUT2D eigenvalue weighted by molar-refractivity contribution is -0.113. The molecule has 0 saturated carbocycles. The second-order valence-corrected chi connectivity index (χ2v) is 7.61. The molecule has 0 aliphatic carbocycles. The minimum absolute atomic E-state index is 0.157. The first kappa shape index (κ1) is 20.9. The molecule has 1 amide bonds. The van der Waals surface area contributed by atoms with Crippen LogP contribution in [0.2, 0.25) is 0 Å². The standard InChI is InChI=1S/C22H23N5O3S/c1-4-29-15-10-11-19(30-5-2)18(12-15)24-20(28)13-31-22-25-17-9-7-6-8-16(17)21-23-14(3)26-27(21)22/h6-12H,4-5,13H2,1-3H3,(H,24,28). The van der Waals surface area contributed by atoms with Gasteiger partial charge in [-0.25, -0.2) is 9.97 Å². The quantitative estimate of drug-likeness (QED) is 0.328. The van der Waals surface area contributed by atoms with Crippen LogP contribution in [0.15, 0.2) is 47.6 Å². The molecule has 0 unspecified atom stereocenters. The van der Waals surface area contributed by atoms with Crippen molar-refractivity contribution in [3.8, 4) is 11.5 Å². The lowest BCUT2D eigenvalue weighted by Gasteiger charge is -2.13. The van der Waals surface area contributed by atoms with E-state index in [1.165, 1.54) is 11.8 Å². The Bertz CT molecular complexity index is 1240. The fraction of sp³-hybridized carbons (Fsp3) is 0.273. The van der Waals surface area contributed by atoms with E-state index in [1.807, 2.05) is 51.1 Å². The molecule has 0 saturated heterocycles. The Morgan fingerprint density at radius 2 is 1.90 bits per heavy atom. The molecule has 2 aromatic carbocycles. The summed E-state index contributed by atoms with van der Waals surface area (Å²) < 4.78 is 12.9. The number of hydrogen-bond donors (Lipinski definition) is 1. The van der Waals surface area contributed by atoms with Crippen molar-refractivity contribution in [1.29, 1.82) is 0 Å². The highest BCUT2D eigenvalue weighted by Gasteiger charge is 2.15. The molecular weight excluding hydrogens is 414 g/mol. The monoisotopic (exact) mass is 437 g/mol. The van der Waals surface area contributed by atoms with Gasteiger partial charge in [0.15, 0.2) is 10.8 Å². The largest absolute Gasteiger partial charge is 0.494 e. The Hall–Kier alpha value is -3.33. The van der Waals surface area contributed by atoms with Crippen LogP contribution < -0.4 is 14.8 Å². The minimum Gasteiger partial charge on any atom is -0.494 e. The molecule has 0 radical (unpaired) electrons. The molecule has 9 heteroatoms. The molecule has 0 bridgehead atoms. The smallest absolute Gasteiger partial charge is 0.234 e. The number of aryl methyl sites for hydroxylation is 1. The van der Waals surface area contributed by atoms with Crippen molar-refractivity contribution in [2.45, 2.75) is 25.9 Å². The highest BCUT2D eigenvalue weighted by Crippen LogP contribution is 2.30. The molecule has 31 heavy (non-hydrogen) atoms. The first-order valence-electron chi connectivity index (χ1n) is 10.0. The molecule has 1 N–H and O–H groups in total. The van der Waals surface area contributed by atoms with E-state index < -0.39 is 0 Å². The van der Waals surface area contributed by atoms with Crippen LogP contribution in [0.3, 0.4) is 0 Å². The van der Waals surface area contributed by atoms with E-state index in [1.54, 1.807) is 16.6 Å². The van der Waals surface area contributed by atoms with Gasteiger partial charge in [-0.15, -0.1) is 5.10 Å². The van der Waals surface area contributed by atoms with Crippen LogP contribution in [-0.4, -0.2) is 44.5 Å². The van der Waals surface area contributed by atoms with E-state index in [0.29, 0.717) is 41.4 Å². The van der Waals surface area contributed by atoms with E-state index in [2.05, 4.69) is 20.4 Å². The fourth-order valence-corrected chi connectivity index (χ4v) is 3.93. The second kappa shape index (κ2) is 9.22. The third-order valence-corrected chi connectivity index (χ3v) is 5.35. The number of nitrogens with one attached hydrogen (secondary N) is 1. The Kier molecular flexibility index (Phi) is 6.22. The summed E-state index contributed by atoms with van der Waals surface area (Å²) in [5.41, 5.74) is 2.12. The van der Waals surface area contributed by atoms with Crippen molar-refractivity contribution in [3.05, 3.63) is 48.3 Å². The van der Waals surface area contributed by atoms with Gasteiger partial charge in [0.25, 0.3) is 0 Å². The number of nitrogens with zero attached hydrogens (tertiary/aromatic N) is 4. The fourth-order valence-electron chi connectivity index (χ4n) is 3.19. The van der Waals surface area contributed by atoms with Gasteiger partial charge >= 0.3 is 0 Å². The maximum Gasteiger partial charge on any atom is 0.234 e. The van der Waals surface area contributed by atoms with Crippen LogP contribution in [0.5, 0.6) is 11.5 Å². The molecule has 4 rings (SSSR count). The van der Waals surface area contributed by atoms with Crippen LogP contribution in [0, 0.1) is 6.92 Å². The summed E-state index contributed by atoms with van der Waals surface area (Å²) in [6.07, 6.45) is 0. The number of ether oxygens (including phenoxy) is 2. The summed E-state index contributed by atoms with van der Waals surface area (Å²) in [5.74, 6) is 1.90. The molecule has 0 aliphatic rings. The number of para-hydroxylation sites is 1. The topological polar surface area (TPSA) is 90.6 Å². The zero-order valence-corrected chi connectivity index (χ0v) is 18.4. The molecular formula is C22H23N5O3S. The first-order chi connectivity index (χ1) is 15.1. The summed E-state index contributed by atoms with van der Waals surface area (Å²) in [5, 5.41) is 8.90. The van der Waals surface area contributed by atoms with Gasteiger partial charge in [-0.05, 0) is 45.0 Å². The maximum absolute atomic E-state index is 12.7. The lowest BCUT2D eigenvalue weighted by Crippen LogP contribution is -2.16. The Morgan fingerprint density at radius 1 is 1.10 bits per heavy atom. The zero-order chi connectivity index (χ0) is 21.8. The number of hydrogen-bond acceptors (Lipinski definition) is 7. The first-order valence-corrected chi connectivity index (χ1v) is 11.0. The maximum atomic E-state index is 12.7. The number of rotatable bonds is 8. The molecule has 160 valence electrons. The van der Waals surface area contributed by atoms with Crippen molar-refractivity contribution in [1.82, 2.24) is 19.6 Å². The number of anilines is 1. The summed E-state index contributed by atoms with van der Waals surface area (Å²) in [7, 11) is 0.